The van der Waals surface area contributed by atoms with Gasteiger partial charge in [0.05, 0.1) is 6.54 Å². The van der Waals surface area contributed by atoms with Gasteiger partial charge in [0.1, 0.15) is 12.4 Å². The van der Waals surface area contributed by atoms with Crippen molar-refractivity contribution in [2.45, 2.75) is 44.6 Å². The molecule has 1 aliphatic carbocycles. The minimum atomic E-state index is 0. The van der Waals surface area contributed by atoms with Crippen molar-refractivity contribution in [2.24, 2.45) is 10.9 Å². The van der Waals surface area contributed by atoms with E-state index in [1.807, 2.05) is 35.2 Å². The van der Waals surface area contributed by atoms with Crippen LogP contribution in [0.2, 0.25) is 0 Å². The Bertz CT molecular complexity index is 620. The normalized spacial score (nSPS) is 20.4. The number of amides is 1. The van der Waals surface area contributed by atoms with Crippen molar-refractivity contribution >= 4 is 35.8 Å². The second-order valence-electron chi connectivity index (χ2n) is 7.41. The zero-order valence-corrected chi connectivity index (χ0v) is 19.1. The molecule has 1 amide bonds. The fraction of sp³-hybridized carbons (Fsp3) is 0.619. The summed E-state index contributed by atoms with van der Waals surface area (Å²) < 4.78 is 5.69. The SMILES string of the molecule is CN=C(NCCOc1ccccc1)NC1CCN(C(=O)C2CCCCC2)C1.I. The fourth-order valence-corrected chi connectivity index (χ4v) is 3.93. The maximum atomic E-state index is 12.7. The van der Waals surface area contributed by atoms with Gasteiger partial charge in [-0.1, -0.05) is 37.5 Å². The number of para-hydroxylation sites is 1. The second-order valence-corrected chi connectivity index (χ2v) is 7.41. The monoisotopic (exact) mass is 500 g/mol. The summed E-state index contributed by atoms with van der Waals surface area (Å²) in [4.78, 5) is 19.0. The van der Waals surface area contributed by atoms with Crippen molar-refractivity contribution in [3.8, 4) is 5.75 Å². The van der Waals surface area contributed by atoms with Gasteiger partial charge in [-0.25, -0.2) is 0 Å². The Labute approximate surface area is 185 Å². The number of benzene rings is 1. The number of likely N-dealkylation sites (tertiary alicyclic amines) is 1. The molecule has 0 radical (unpaired) electrons. The van der Waals surface area contributed by atoms with E-state index < -0.39 is 0 Å². The van der Waals surface area contributed by atoms with E-state index in [0.29, 0.717) is 19.1 Å². The molecule has 1 atom stereocenters. The molecule has 1 aromatic rings. The Hall–Kier alpha value is -1.51. The van der Waals surface area contributed by atoms with Crippen molar-refractivity contribution in [1.82, 2.24) is 15.5 Å². The standard InChI is InChI=1S/C21H32N4O2.HI/c1-22-21(23-13-15-27-19-10-6-3-7-11-19)24-18-12-14-25(16-18)20(26)17-8-4-2-5-9-17;/h3,6-7,10-11,17-18H,2,4-5,8-9,12-16H2,1H3,(H2,22,23,24);1H. The van der Waals surface area contributed by atoms with E-state index in [1.54, 1.807) is 7.05 Å². The number of carbonyl (C=O) groups excluding carboxylic acids is 1. The average molecular weight is 500 g/mol. The molecule has 2 fully saturated rings. The molecule has 1 saturated carbocycles. The molecule has 3 rings (SSSR count). The first-order valence-corrected chi connectivity index (χ1v) is 10.2. The van der Waals surface area contributed by atoms with Gasteiger partial charge >= 0.3 is 0 Å². The largest absolute Gasteiger partial charge is 0.492 e. The number of guanidine groups is 1. The summed E-state index contributed by atoms with van der Waals surface area (Å²) in [5.41, 5.74) is 0. The molecule has 2 aliphatic rings. The molecule has 6 nitrogen and oxygen atoms in total. The highest BCUT2D eigenvalue weighted by atomic mass is 127. The zero-order chi connectivity index (χ0) is 18.9. The van der Waals surface area contributed by atoms with Crippen LogP contribution in [0.25, 0.3) is 0 Å². The Morgan fingerprint density at radius 1 is 1.18 bits per heavy atom. The lowest BCUT2D eigenvalue weighted by molar-refractivity contribution is -0.135. The van der Waals surface area contributed by atoms with Crippen LogP contribution in [0, 0.1) is 5.92 Å². The molecule has 1 aromatic carbocycles. The van der Waals surface area contributed by atoms with Crippen LogP contribution in [0.15, 0.2) is 35.3 Å². The van der Waals surface area contributed by atoms with Crippen LogP contribution in [-0.4, -0.2) is 56.1 Å². The summed E-state index contributed by atoms with van der Waals surface area (Å²) in [5, 5.41) is 6.73. The first-order chi connectivity index (χ1) is 13.3. The minimum Gasteiger partial charge on any atom is -0.492 e. The van der Waals surface area contributed by atoms with E-state index in [-0.39, 0.29) is 35.9 Å². The molecule has 1 saturated heterocycles. The Morgan fingerprint density at radius 2 is 1.93 bits per heavy atom. The molecule has 1 aliphatic heterocycles. The maximum absolute atomic E-state index is 12.7. The van der Waals surface area contributed by atoms with Gasteiger partial charge in [0.2, 0.25) is 5.91 Å². The minimum absolute atomic E-state index is 0. The van der Waals surface area contributed by atoms with Crippen molar-refractivity contribution in [3.05, 3.63) is 30.3 Å². The van der Waals surface area contributed by atoms with Crippen molar-refractivity contribution in [1.29, 1.82) is 0 Å². The van der Waals surface area contributed by atoms with Crippen molar-refractivity contribution in [3.63, 3.8) is 0 Å². The third kappa shape index (κ3) is 6.83. The van der Waals surface area contributed by atoms with E-state index in [4.69, 9.17) is 4.74 Å². The summed E-state index contributed by atoms with van der Waals surface area (Å²) in [5.74, 6) is 2.25. The third-order valence-corrected chi connectivity index (χ3v) is 5.43. The zero-order valence-electron chi connectivity index (χ0n) is 16.7. The van der Waals surface area contributed by atoms with E-state index in [2.05, 4.69) is 15.6 Å². The summed E-state index contributed by atoms with van der Waals surface area (Å²) in [7, 11) is 1.77. The van der Waals surface area contributed by atoms with Gasteiger partial charge < -0.3 is 20.3 Å². The molecule has 28 heavy (non-hydrogen) atoms. The van der Waals surface area contributed by atoms with E-state index >= 15 is 0 Å². The molecule has 0 spiro atoms. The van der Waals surface area contributed by atoms with Gasteiger partial charge in [0, 0.05) is 32.1 Å². The second kappa shape index (κ2) is 12.1. The summed E-state index contributed by atoms with van der Waals surface area (Å²) >= 11 is 0. The highest BCUT2D eigenvalue weighted by Crippen LogP contribution is 2.26. The van der Waals surface area contributed by atoms with Crippen molar-refractivity contribution in [2.75, 3.05) is 33.3 Å². The molecule has 1 heterocycles. The Balaban J connectivity index is 0.00000280. The van der Waals surface area contributed by atoms with Gasteiger partial charge in [-0.2, -0.15) is 0 Å². The molecule has 2 N–H and O–H groups in total. The number of hydrogen-bond donors (Lipinski definition) is 2. The fourth-order valence-electron chi connectivity index (χ4n) is 3.93. The predicted molar refractivity (Wildman–Crippen MR) is 123 cm³/mol. The third-order valence-electron chi connectivity index (χ3n) is 5.43. The Morgan fingerprint density at radius 3 is 2.64 bits per heavy atom. The van der Waals surface area contributed by atoms with Crippen LogP contribution in [0.3, 0.4) is 0 Å². The first-order valence-electron chi connectivity index (χ1n) is 10.2. The van der Waals surface area contributed by atoms with Gasteiger partial charge in [-0.15, -0.1) is 24.0 Å². The number of carbonyl (C=O) groups is 1. The van der Waals surface area contributed by atoms with Gasteiger partial charge in [-0.3, -0.25) is 9.79 Å². The summed E-state index contributed by atoms with van der Waals surface area (Å²) in [6.45, 7) is 2.87. The molecule has 0 bridgehead atoms. The number of aliphatic imine (C=N–C) groups is 1. The van der Waals surface area contributed by atoms with Crippen LogP contribution >= 0.6 is 24.0 Å². The number of nitrogens with zero attached hydrogens (tertiary/aromatic N) is 2. The van der Waals surface area contributed by atoms with Crippen LogP contribution in [0.5, 0.6) is 5.75 Å². The van der Waals surface area contributed by atoms with Crippen molar-refractivity contribution < 1.29 is 9.53 Å². The number of ether oxygens (including phenoxy) is 1. The smallest absolute Gasteiger partial charge is 0.225 e. The number of rotatable bonds is 6. The lowest BCUT2D eigenvalue weighted by Gasteiger charge is -2.26. The highest BCUT2D eigenvalue weighted by molar-refractivity contribution is 14.0. The molecular weight excluding hydrogens is 467 g/mol. The van der Waals surface area contributed by atoms with Gasteiger partial charge in [0.25, 0.3) is 0 Å². The topological polar surface area (TPSA) is 66.0 Å². The number of hydrogen-bond acceptors (Lipinski definition) is 3. The lowest BCUT2D eigenvalue weighted by atomic mass is 9.88. The maximum Gasteiger partial charge on any atom is 0.225 e. The predicted octanol–water partition coefficient (Wildman–Crippen LogP) is 3.03. The van der Waals surface area contributed by atoms with Crippen LogP contribution in [0.1, 0.15) is 38.5 Å². The summed E-state index contributed by atoms with van der Waals surface area (Å²) in [6, 6.07) is 10.1. The molecule has 1 unspecified atom stereocenters. The molecule has 7 heteroatoms. The van der Waals surface area contributed by atoms with Gasteiger partial charge in [-0.05, 0) is 31.4 Å². The number of halogens is 1. The van der Waals surface area contributed by atoms with E-state index in [9.17, 15) is 4.79 Å². The average Bonchev–Trinajstić information content (AvgIpc) is 3.19. The summed E-state index contributed by atoms with van der Waals surface area (Å²) in [6.07, 6.45) is 6.79. The van der Waals surface area contributed by atoms with Crippen LogP contribution < -0.4 is 15.4 Å². The Kier molecular flexibility index (Phi) is 9.87. The first kappa shape index (κ1) is 22.8. The lowest BCUT2D eigenvalue weighted by Crippen LogP contribution is -2.46. The highest BCUT2D eigenvalue weighted by Gasteiger charge is 2.31. The number of nitrogens with one attached hydrogen (secondary N) is 2. The molecule has 156 valence electrons. The van der Waals surface area contributed by atoms with Gasteiger partial charge in [0.15, 0.2) is 5.96 Å². The van der Waals surface area contributed by atoms with Crippen LogP contribution in [0.4, 0.5) is 0 Å². The quantitative estimate of drug-likeness (QED) is 0.273. The van der Waals surface area contributed by atoms with E-state index in [1.165, 1.54) is 19.3 Å². The molecule has 0 aromatic heterocycles. The molecular formula is C21H33IN4O2. The van der Waals surface area contributed by atoms with Crippen LogP contribution in [-0.2, 0) is 4.79 Å². The van der Waals surface area contributed by atoms with E-state index in [0.717, 1.165) is 44.1 Å².